The van der Waals surface area contributed by atoms with Crippen LogP contribution in [0.15, 0.2) is 47.6 Å². The summed E-state index contributed by atoms with van der Waals surface area (Å²) in [5.74, 6) is -1.23. The first-order valence-electron chi connectivity index (χ1n) is 6.65. The third kappa shape index (κ3) is 4.82. The van der Waals surface area contributed by atoms with Crippen molar-refractivity contribution in [3.05, 3.63) is 58.6 Å². The lowest BCUT2D eigenvalue weighted by molar-refractivity contribution is -0.114. The summed E-state index contributed by atoms with van der Waals surface area (Å²) in [5.41, 5.74) is 4.78. The SMILES string of the molecule is CC(=O)Nc1ccc(C=NNc2ccc(Cl)c(C(=O)O)c2)cc1. The Bertz CT molecular complexity index is 758. The van der Waals surface area contributed by atoms with Gasteiger partial charge in [0.15, 0.2) is 0 Å². The van der Waals surface area contributed by atoms with Crippen molar-refractivity contribution in [2.45, 2.75) is 6.92 Å². The summed E-state index contributed by atoms with van der Waals surface area (Å²) in [7, 11) is 0. The van der Waals surface area contributed by atoms with Crippen LogP contribution in [0.2, 0.25) is 5.02 Å². The van der Waals surface area contributed by atoms with E-state index >= 15 is 0 Å². The van der Waals surface area contributed by atoms with Gasteiger partial charge in [-0.05, 0) is 35.9 Å². The van der Waals surface area contributed by atoms with Crippen molar-refractivity contribution >= 4 is 41.1 Å². The number of carboxylic acids is 1. The molecule has 0 unspecified atom stereocenters. The maximum Gasteiger partial charge on any atom is 0.337 e. The van der Waals surface area contributed by atoms with Gasteiger partial charge >= 0.3 is 5.97 Å². The molecule has 0 saturated heterocycles. The molecule has 7 heteroatoms. The van der Waals surface area contributed by atoms with Crippen LogP contribution in [0.3, 0.4) is 0 Å². The number of nitrogens with one attached hydrogen (secondary N) is 2. The van der Waals surface area contributed by atoms with Gasteiger partial charge < -0.3 is 10.4 Å². The van der Waals surface area contributed by atoms with Gasteiger partial charge in [-0.2, -0.15) is 5.10 Å². The molecule has 0 fully saturated rings. The monoisotopic (exact) mass is 331 g/mol. The fraction of sp³-hybridized carbons (Fsp3) is 0.0625. The van der Waals surface area contributed by atoms with Crippen LogP contribution in [0.5, 0.6) is 0 Å². The summed E-state index contributed by atoms with van der Waals surface area (Å²) in [6.45, 7) is 1.44. The summed E-state index contributed by atoms with van der Waals surface area (Å²) < 4.78 is 0. The van der Waals surface area contributed by atoms with E-state index in [4.69, 9.17) is 16.7 Å². The van der Waals surface area contributed by atoms with Crippen LogP contribution < -0.4 is 10.7 Å². The number of nitrogens with zero attached hydrogens (tertiary/aromatic N) is 1. The fourth-order valence-electron chi connectivity index (χ4n) is 1.80. The Morgan fingerprint density at radius 2 is 1.78 bits per heavy atom. The van der Waals surface area contributed by atoms with Crippen molar-refractivity contribution < 1.29 is 14.7 Å². The average Bonchev–Trinajstić information content (AvgIpc) is 2.50. The van der Waals surface area contributed by atoms with Gasteiger partial charge in [0.05, 0.1) is 22.5 Å². The molecule has 0 spiro atoms. The number of amides is 1. The Morgan fingerprint density at radius 1 is 1.13 bits per heavy atom. The van der Waals surface area contributed by atoms with Crippen LogP contribution in [-0.2, 0) is 4.79 Å². The molecule has 0 atom stereocenters. The first kappa shape index (κ1) is 16.5. The lowest BCUT2D eigenvalue weighted by Crippen LogP contribution is -2.05. The molecule has 3 N–H and O–H groups in total. The Kier molecular flexibility index (Phi) is 5.32. The van der Waals surface area contributed by atoms with Crippen molar-refractivity contribution in [3.63, 3.8) is 0 Å². The van der Waals surface area contributed by atoms with Crippen LogP contribution in [0.4, 0.5) is 11.4 Å². The van der Waals surface area contributed by atoms with Gasteiger partial charge in [-0.15, -0.1) is 0 Å². The number of carbonyl (C=O) groups is 2. The van der Waals surface area contributed by atoms with Gasteiger partial charge in [0.2, 0.25) is 5.91 Å². The second kappa shape index (κ2) is 7.42. The topological polar surface area (TPSA) is 90.8 Å². The Labute approximate surface area is 137 Å². The number of aromatic carboxylic acids is 1. The lowest BCUT2D eigenvalue weighted by atomic mass is 10.2. The molecule has 0 heterocycles. The smallest absolute Gasteiger partial charge is 0.337 e. The van der Waals surface area contributed by atoms with E-state index in [1.165, 1.54) is 19.1 Å². The molecule has 2 rings (SSSR count). The number of carbonyl (C=O) groups excluding carboxylic acids is 1. The van der Waals surface area contributed by atoms with E-state index in [0.29, 0.717) is 11.4 Å². The van der Waals surface area contributed by atoms with E-state index < -0.39 is 5.97 Å². The first-order valence-corrected chi connectivity index (χ1v) is 7.03. The van der Waals surface area contributed by atoms with Crippen molar-refractivity contribution in [1.82, 2.24) is 0 Å². The highest BCUT2D eigenvalue weighted by molar-refractivity contribution is 6.33. The van der Waals surface area contributed by atoms with Crippen LogP contribution >= 0.6 is 11.6 Å². The second-order valence-electron chi connectivity index (χ2n) is 4.67. The zero-order valence-corrected chi connectivity index (χ0v) is 13.0. The lowest BCUT2D eigenvalue weighted by Gasteiger charge is -2.04. The predicted octanol–water partition coefficient (Wildman–Crippen LogP) is 3.44. The number of rotatable bonds is 5. The van der Waals surface area contributed by atoms with E-state index in [-0.39, 0.29) is 16.5 Å². The normalized spacial score (nSPS) is 10.5. The molecule has 6 nitrogen and oxygen atoms in total. The average molecular weight is 332 g/mol. The molecule has 0 aromatic heterocycles. The maximum absolute atomic E-state index is 11.0. The largest absolute Gasteiger partial charge is 0.478 e. The van der Waals surface area contributed by atoms with Crippen molar-refractivity contribution in [3.8, 4) is 0 Å². The van der Waals surface area contributed by atoms with E-state index in [9.17, 15) is 9.59 Å². The zero-order chi connectivity index (χ0) is 16.8. The van der Waals surface area contributed by atoms with Gasteiger partial charge in [0.1, 0.15) is 0 Å². The molecule has 1 amide bonds. The van der Waals surface area contributed by atoms with E-state index in [0.717, 1.165) is 5.56 Å². The Morgan fingerprint density at radius 3 is 2.39 bits per heavy atom. The summed E-state index contributed by atoms with van der Waals surface area (Å²) in [5, 5.41) is 15.9. The van der Waals surface area contributed by atoms with Gasteiger partial charge in [-0.25, -0.2) is 4.79 Å². The predicted molar refractivity (Wildman–Crippen MR) is 90.4 cm³/mol. The molecule has 0 saturated carbocycles. The van der Waals surface area contributed by atoms with E-state index in [1.807, 2.05) is 0 Å². The molecule has 23 heavy (non-hydrogen) atoms. The number of halogens is 1. The van der Waals surface area contributed by atoms with Gasteiger partial charge in [0.25, 0.3) is 0 Å². The molecule has 0 bridgehead atoms. The third-order valence-corrected chi connectivity index (χ3v) is 3.16. The van der Waals surface area contributed by atoms with Gasteiger partial charge in [0, 0.05) is 12.6 Å². The van der Waals surface area contributed by atoms with Crippen molar-refractivity contribution in [2.75, 3.05) is 10.7 Å². The molecule has 0 radical (unpaired) electrons. The molecule has 0 aliphatic heterocycles. The molecule has 118 valence electrons. The summed E-state index contributed by atoms with van der Waals surface area (Å²) in [6.07, 6.45) is 1.58. The van der Waals surface area contributed by atoms with Crippen LogP contribution in [0.1, 0.15) is 22.8 Å². The molecule has 0 aliphatic rings. The number of hydrazone groups is 1. The highest BCUT2D eigenvalue weighted by Crippen LogP contribution is 2.20. The summed E-state index contributed by atoms with van der Waals surface area (Å²) >= 11 is 5.79. The highest BCUT2D eigenvalue weighted by atomic mass is 35.5. The maximum atomic E-state index is 11.0. The van der Waals surface area contributed by atoms with Crippen LogP contribution in [-0.4, -0.2) is 23.2 Å². The molecular weight excluding hydrogens is 318 g/mol. The zero-order valence-electron chi connectivity index (χ0n) is 12.2. The van der Waals surface area contributed by atoms with E-state index in [1.54, 1.807) is 36.5 Å². The minimum atomic E-state index is -1.10. The highest BCUT2D eigenvalue weighted by Gasteiger charge is 2.08. The molecular formula is C16H14ClN3O3. The minimum Gasteiger partial charge on any atom is -0.478 e. The summed E-state index contributed by atoms with van der Waals surface area (Å²) in [4.78, 5) is 21.9. The van der Waals surface area contributed by atoms with Gasteiger partial charge in [-0.1, -0.05) is 23.7 Å². The second-order valence-corrected chi connectivity index (χ2v) is 5.08. The van der Waals surface area contributed by atoms with E-state index in [2.05, 4.69) is 15.8 Å². The van der Waals surface area contributed by atoms with Crippen molar-refractivity contribution in [1.29, 1.82) is 0 Å². The number of hydrogen-bond donors (Lipinski definition) is 3. The number of carboxylic acid groups (broad SMARTS) is 1. The van der Waals surface area contributed by atoms with Gasteiger partial charge in [-0.3, -0.25) is 10.2 Å². The molecule has 0 aliphatic carbocycles. The standard InChI is InChI=1S/C16H14ClN3O3/c1-10(21)19-12-4-2-11(3-5-12)9-18-20-13-6-7-15(17)14(8-13)16(22)23/h2-9,20H,1H3,(H,19,21)(H,22,23). The Balaban J connectivity index is 2.03. The first-order chi connectivity index (χ1) is 11.0. The molecule has 2 aromatic carbocycles. The number of benzene rings is 2. The summed E-state index contributed by atoms with van der Waals surface area (Å²) in [6, 6.07) is 11.6. The fourth-order valence-corrected chi connectivity index (χ4v) is 1.99. The number of hydrogen-bond acceptors (Lipinski definition) is 4. The Hall–Kier alpha value is -2.86. The third-order valence-electron chi connectivity index (χ3n) is 2.84. The van der Waals surface area contributed by atoms with Crippen LogP contribution in [0.25, 0.3) is 0 Å². The van der Waals surface area contributed by atoms with Crippen molar-refractivity contribution in [2.24, 2.45) is 5.10 Å². The quantitative estimate of drug-likeness (QED) is 0.578. The van der Waals surface area contributed by atoms with Crippen LogP contribution in [0, 0.1) is 0 Å². The number of anilines is 2. The minimum absolute atomic E-state index is 0.00604. The molecule has 2 aromatic rings.